The highest BCUT2D eigenvalue weighted by Crippen LogP contribution is 2.26. The van der Waals surface area contributed by atoms with Crippen LogP contribution in [-0.4, -0.2) is 21.0 Å². The molecule has 1 aromatic rings. The zero-order valence-electron chi connectivity index (χ0n) is 9.18. The van der Waals surface area contributed by atoms with Crippen LogP contribution >= 0.6 is 0 Å². The average molecular weight is 195 g/mol. The van der Waals surface area contributed by atoms with Crippen LogP contribution in [0.25, 0.3) is 0 Å². The second kappa shape index (κ2) is 4.86. The van der Waals surface area contributed by atoms with E-state index in [-0.39, 0.29) is 0 Å². The molecule has 3 heteroatoms. The number of rotatable bonds is 4. The van der Waals surface area contributed by atoms with Gasteiger partial charge in [0.15, 0.2) is 0 Å². The zero-order valence-corrected chi connectivity index (χ0v) is 9.18. The fourth-order valence-corrected chi connectivity index (χ4v) is 1.53. The van der Waals surface area contributed by atoms with Gasteiger partial charge in [0.2, 0.25) is 0 Å². The summed E-state index contributed by atoms with van der Waals surface area (Å²) < 4.78 is 10.2. The Labute approximate surface area is 85.0 Å². The molecule has 0 aliphatic heterocycles. The van der Waals surface area contributed by atoms with Gasteiger partial charge in [-0.15, -0.1) is 0 Å². The Morgan fingerprint density at radius 2 is 1.71 bits per heavy atom. The third-order valence-corrected chi connectivity index (χ3v) is 2.09. The Kier molecular flexibility index (Phi) is 3.77. The quantitative estimate of drug-likeness (QED) is 0.748. The minimum absolute atomic E-state index is 0.519. The van der Waals surface area contributed by atoms with Crippen molar-refractivity contribution in [1.82, 2.24) is 0 Å². The van der Waals surface area contributed by atoms with Crippen LogP contribution in [-0.2, 0) is 4.74 Å². The van der Waals surface area contributed by atoms with Gasteiger partial charge in [-0.25, -0.2) is 0 Å². The fraction of sp³-hybridized carbons (Fsp3) is 0.455. The lowest BCUT2D eigenvalue weighted by atomic mass is 10.1. The van der Waals surface area contributed by atoms with Gasteiger partial charge in [-0.2, -0.15) is 0 Å². The molecule has 0 saturated heterocycles. The number of benzene rings is 1. The highest BCUT2D eigenvalue weighted by Gasteiger charge is 2.04. The van der Waals surface area contributed by atoms with E-state index in [1.807, 2.05) is 26.0 Å². The van der Waals surface area contributed by atoms with Crippen molar-refractivity contribution in [3.63, 3.8) is 0 Å². The van der Waals surface area contributed by atoms with Crippen molar-refractivity contribution in [2.24, 2.45) is 0 Å². The minimum atomic E-state index is 0.519. The van der Waals surface area contributed by atoms with Gasteiger partial charge in [-0.3, -0.25) is 0 Å². The smallest absolute Gasteiger partial charge is 0.124 e. The first-order chi connectivity index (χ1) is 6.69. The lowest BCUT2D eigenvalue weighted by Gasteiger charge is -2.12. The lowest BCUT2D eigenvalue weighted by molar-refractivity contribution is 0.221. The van der Waals surface area contributed by atoms with E-state index in [9.17, 15) is 0 Å². The molecule has 0 amide bonds. The van der Waals surface area contributed by atoms with Gasteiger partial charge in [0.25, 0.3) is 0 Å². The first-order valence-corrected chi connectivity index (χ1v) is 4.57. The molecule has 0 heterocycles. The SMILES string of the molecule is COCNc1cc(C)c(OC)c(C)c1. The molecule has 1 aromatic carbocycles. The van der Waals surface area contributed by atoms with Crippen molar-refractivity contribution in [2.75, 3.05) is 26.3 Å². The molecular formula is C11H17NO2. The standard InChI is InChI=1S/C11H17NO2/c1-8-5-10(12-7-13-3)6-9(2)11(8)14-4/h5-6,12H,7H2,1-4H3. The van der Waals surface area contributed by atoms with Crippen LogP contribution in [0.1, 0.15) is 11.1 Å². The van der Waals surface area contributed by atoms with Gasteiger partial charge >= 0.3 is 0 Å². The number of hydrogen-bond acceptors (Lipinski definition) is 3. The second-order valence-electron chi connectivity index (χ2n) is 3.25. The minimum Gasteiger partial charge on any atom is -0.496 e. The molecule has 0 aliphatic carbocycles. The predicted molar refractivity (Wildman–Crippen MR) is 58.0 cm³/mol. The Morgan fingerprint density at radius 3 is 2.14 bits per heavy atom. The van der Waals surface area contributed by atoms with Crippen molar-refractivity contribution in [1.29, 1.82) is 0 Å². The van der Waals surface area contributed by atoms with E-state index in [4.69, 9.17) is 9.47 Å². The molecule has 78 valence electrons. The molecule has 0 saturated carbocycles. The second-order valence-corrected chi connectivity index (χ2v) is 3.25. The van der Waals surface area contributed by atoms with Gasteiger partial charge < -0.3 is 14.8 Å². The number of ether oxygens (including phenoxy) is 2. The summed E-state index contributed by atoms with van der Waals surface area (Å²) >= 11 is 0. The summed E-state index contributed by atoms with van der Waals surface area (Å²) in [4.78, 5) is 0. The van der Waals surface area contributed by atoms with E-state index >= 15 is 0 Å². The van der Waals surface area contributed by atoms with Crippen LogP contribution in [0.5, 0.6) is 5.75 Å². The highest BCUT2D eigenvalue weighted by atomic mass is 16.5. The fourth-order valence-electron chi connectivity index (χ4n) is 1.53. The van der Waals surface area contributed by atoms with Crippen LogP contribution in [0.4, 0.5) is 5.69 Å². The topological polar surface area (TPSA) is 30.5 Å². The van der Waals surface area contributed by atoms with E-state index < -0.39 is 0 Å². The van der Waals surface area contributed by atoms with E-state index in [1.54, 1.807) is 14.2 Å². The first kappa shape index (κ1) is 10.9. The maximum absolute atomic E-state index is 5.28. The first-order valence-electron chi connectivity index (χ1n) is 4.57. The number of nitrogens with one attached hydrogen (secondary N) is 1. The number of anilines is 1. The Morgan fingerprint density at radius 1 is 1.14 bits per heavy atom. The summed E-state index contributed by atoms with van der Waals surface area (Å²) in [5, 5.41) is 3.15. The van der Waals surface area contributed by atoms with E-state index in [1.165, 1.54) is 0 Å². The normalized spacial score (nSPS) is 10.0. The monoisotopic (exact) mass is 195 g/mol. The lowest BCUT2D eigenvalue weighted by Crippen LogP contribution is -2.04. The van der Waals surface area contributed by atoms with Crippen LogP contribution in [0.15, 0.2) is 12.1 Å². The van der Waals surface area contributed by atoms with Crippen molar-refractivity contribution >= 4 is 5.69 Å². The molecule has 0 fully saturated rings. The van der Waals surface area contributed by atoms with Crippen molar-refractivity contribution < 1.29 is 9.47 Å². The van der Waals surface area contributed by atoms with Gasteiger partial charge in [0.05, 0.1) is 7.11 Å². The van der Waals surface area contributed by atoms with Crippen LogP contribution < -0.4 is 10.1 Å². The van der Waals surface area contributed by atoms with E-state index in [2.05, 4.69) is 5.32 Å². The third kappa shape index (κ3) is 2.39. The summed E-state index contributed by atoms with van der Waals surface area (Å²) in [6, 6.07) is 4.09. The molecule has 0 radical (unpaired) electrons. The Balaban J connectivity index is 2.90. The molecule has 0 unspecified atom stereocenters. The zero-order chi connectivity index (χ0) is 10.6. The van der Waals surface area contributed by atoms with Gasteiger partial charge in [-0.1, -0.05) is 0 Å². The maximum Gasteiger partial charge on any atom is 0.124 e. The van der Waals surface area contributed by atoms with Gasteiger partial charge in [-0.05, 0) is 37.1 Å². The molecule has 14 heavy (non-hydrogen) atoms. The summed E-state index contributed by atoms with van der Waals surface area (Å²) in [5.74, 6) is 0.952. The van der Waals surface area contributed by atoms with Gasteiger partial charge in [0.1, 0.15) is 12.5 Å². The van der Waals surface area contributed by atoms with Gasteiger partial charge in [0, 0.05) is 12.8 Å². The number of methoxy groups -OCH3 is 2. The van der Waals surface area contributed by atoms with Crippen LogP contribution in [0.3, 0.4) is 0 Å². The molecule has 0 bridgehead atoms. The average Bonchev–Trinajstić information content (AvgIpc) is 2.14. The summed E-state index contributed by atoms with van der Waals surface area (Å²) in [7, 11) is 3.35. The molecule has 1 N–H and O–H groups in total. The number of aryl methyl sites for hydroxylation is 2. The molecule has 3 nitrogen and oxygen atoms in total. The summed E-state index contributed by atoms with van der Waals surface area (Å²) in [6.07, 6.45) is 0. The van der Waals surface area contributed by atoms with Crippen molar-refractivity contribution in [3.05, 3.63) is 23.3 Å². The Hall–Kier alpha value is -1.22. The molecule has 0 aliphatic rings. The third-order valence-electron chi connectivity index (χ3n) is 2.09. The van der Waals surface area contributed by atoms with Crippen LogP contribution in [0, 0.1) is 13.8 Å². The predicted octanol–water partition coefficient (Wildman–Crippen LogP) is 2.33. The molecule has 0 spiro atoms. The Bertz CT molecular complexity index is 287. The van der Waals surface area contributed by atoms with Crippen LogP contribution in [0.2, 0.25) is 0 Å². The molecule has 1 rings (SSSR count). The molecule has 0 atom stereocenters. The number of hydrogen-bond donors (Lipinski definition) is 1. The molecule has 0 aromatic heterocycles. The van der Waals surface area contributed by atoms with E-state index in [0.29, 0.717) is 6.73 Å². The molecular weight excluding hydrogens is 178 g/mol. The highest BCUT2D eigenvalue weighted by molar-refractivity contribution is 5.54. The largest absolute Gasteiger partial charge is 0.496 e. The van der Waals surface area contributed by atoms with Crippen molar-refractivity contribution in [3.8, 4) is 5.75 Å². The summed E-state index contributed by atoms with van der Waals surface area (Å²) in [6.45, 7) is 4.58. The summed E-state index contributed by atoms with van der Waals surface area (Å²) in [5.41, 5.74) is 3.32. The van der Waals surface area contributed by atoms with Crippen molar-refractivity contribution in [2.45, 2.75) is 13.8 Å². The van der Waals surface area contributed by atoms with E-state index in [0.717, 1.165) is 22.6 Å². The maximum atomic E-state index is 5.28.